The van der Waals surface area contributed by atoms with Gasteiger partial charge >= 0.3 is 0 Å². The van der Waals surface area contributed by atoms with E-state index in [-0.39, 0.29) is 11.7 Å². The number of para-hydroxylation sites is 2. The minimum atomic E-state index is -0.225. The standard InChI is InChI=1S/C30H25N5OS2/c36-26(33-34-29(37)31-24-17-9-3-10-18-24)21-38-30-32-27(22-13-5-1-6-14-22)28(23-15-7-2-8-16-23)35(30)25-19-11-4-12-20-25/h1-20H,21H2,(H,33,36)(H2,31,34,37). The Bertz CT molecular complexity index is 1510. The van der Waals surface area contributed by atoms with E-state index in [1.165, 1.54) is 11.8 Å². The van der Waals surface area contributed by atoms with Gasteiger partial charge in [0.2, 0.25) is 5.91 Å². The number of nitrogens with one attached hydrogen (secondary N) is 3. The molecule has 0 unspecified atom stereocenters. The molecule has 1 amide bonds. The average Bonchev–Trinajstić information content (AvgIpc) is 3.36. The summed E-state index contributed by atoms with van der Waals surface area (Å²) in [5, 5.41) is 4.05. The Morgan fingerprint density at radius 3 is 1.92 bits per heavy atom. The number of carbonyl (C=O) groups is 1. The third kappa shape index (κ3) is 6.11. The number of carbonyl (C=O) groups excluding carboxylic acids is 1. The fourth-order valence-electron chi connectivity index (χ4n) is 3.95. The van der Waals surface area contributed by atoms with E-state index in [0.29, 0.717) is 10.3 Å². The second kappa shape index (κ2) is 12.2. The topological polar surface area (TPSA) is 71.0 Å². The summed E-state index contributed by atoms with van der Waals surface area (Å²) in [7, 11) is 0. The summed E-state index contributed by atoms with van der Waals surface area (Å²) in [4.78, 5) is 17.8. The molecule has 5 rings (SSSR count). The summed E-state index contributed by atoms with van der Waals surface area (Å²) < 4.78 is 2.12. The molecular weight excluding hydrogens is 510 g/mol. The van der Waals surface area contributed by atoms with Gasteiger partial charge in [0.1, 0.15) is 0 Å². The van der Waals surface area contributed by atoms with Gasteiger partial charge in [-0.15, -0.1) is 0 Å². The molecule has 5 aromatic rings. The molecule has 188 valence electrons. The lowest BCUT2D eigenvalue weighted by molar-refractivity contribution is -0.119. The molecule has 0 aliphatic rings. The maximum Gasteiger partial charge on any atom is 0.248 e. The summed E-state index contributed by atoms with van der Waals surface area (Å²) in [6.45, 7) is 0. The van der Waals surface area contributed by atoms with Gasteiger partial charge in [-0.1, -0.05) is 109 Å². The van der Waals surface area contributed by atoms with Crippen LogP contribution < -0.4 is 16.2 Å². The van der Waals surface area contributed by atoms with Gasteiger partial charge in [-0.3, -0.25) is 20.2 Å². The Balaban J connectivity index is 1.41. The Kier molecular flexibility index (Phi) is 8.13. The third-order valence-electron chi connectivity index (χ3n) is 5.63. The molecule has 0 saturated heterocycles. The Morgan fingerprint density at radius 2 is 1.29 bits per heavy atom. The van der Waals surface area contributed by atoms with E-state index in [4.69, 9.17) is 17.2 Å². The van der Waals surface area contributed by atoms with E-state index < -0.39 is 0 Å². The number of hydrogen-bond acceptors (Lipinski definition) is 4. The second-order valence-corrected chi connectivity index (χ2v) is 9.63. The van der Waals surface area contributed by atoms with Crippen LogP contribution in [0.5, 0.6) is 0 Å². The SMILES string of the molecule is O=C(CSc1nc(-c2ccccc2)c(-c2ccccc2)n1-c1ccccc1)NNC(=S)Nc1ccccc1. The average molecular weight is 536 g/mol. The molecule has 0 fully saturated rings. The molecule has 0 spiro atoms. The quantitative estimate of drug-likeness (QED) is 0.129. The number of hydrogen-bond donors (Lipinski definition) is 3. The van der Waals surface area contributed by atoms with Gasteiger partial charge in [-0.05, 0) is 36.5 Å². The zero-order chi connectivity index (χ0) is 26.2. The molecule has 0 atom stereocenters. The number of aromatic nitrogens is 2. The van der Waals surface area contributed by atoms with Crippen LogP contribution in [0, 0.1) is 0 Å². The first-order valence-electron chi connectivity index (χ1n) is 12.0. The molecule has 1 aromatic heterocycles. The Labute approximate surface area is 231 Å². The number of thioether (sulfide) groups is 1. The maximum atomic E-state index is 12.7. The van der Waals surface area contributed by atoms with Crippen molar-refractivity contribution < 1.29 is 4.79 Å². The minimum absolute atomic E-state index is 0.146. The van der Waals surface area contributed by atoms with Crippen LogP contribution in [-0.4, -0.2) is 26.3 Å². The summed E-state index contributed by atoms with van der Waals surface area (Å²) in [6, 6.07) is 39.9. The van der Waals surface area contributed by atoms with Gasteiger partial charge in [-0.25, -0.2) is 4.98 Å². The number of thiocarbonyl (C=S) groups is 1. The third-order valence-corrected chi connectivity index (χ3v) is 6.78. The monoisotopic (exact) mass is 535 g/mol. The van der Waals surface area contributed by atoms with Gasteiger partial charge < -0.3 is 5.32 Å². The molecular formula is C30H25N5OS2. The number of benzene rings is 4. The number of hydrazine groups is 1. The van der Waals surface area contributed by atoms with Crippen LogP contribution in [0.15, 0.2) is 126 Å². The first-order valence-corrected chi connectivity index (χ1v) is 13.4. The fraction of sp³-hybridized carbons (Fsp3) is 0.0333. The summed E-state index contributed by atoms with van der Waals surface area (Å²) in [6.07, 6.45) is 0. The van der Waals surface area contributed by atoms with Crippen molar-refractivity contribution in [1.29, 1.82) is 0 Å². The number of amides is 1. The van der Waals surface area contributed by atoms with Crippen molar-refractivity contribution in [3.8, 4) is 28.2 Å². The Hall–Kier alpha value is -4.40. The van der Waals surface area contributed by atoms with Crippen molar-refractivity contribution >= 4 is 40.7 Å². The molecule has 6 nitrogen and oxygen atoms in total. The van der Waals surface area contributed by atoms with Gasteiger partial charge in [0, 0.05) is 22.5 Å². The van der Waals surface area contributed by atoms with E-state index in [9.17, 15) is 4.79 Å². The zero-order valence-electron chi connectivity index (χ0n) is 20.4. The first-order chi connectivity index (χ1) is 18.7. The molecule has 0 aliphatic carbocycles. The minimum Gasteiger partial charge on any atom is -0.331 e. The van der Waals surface area contributed by atoms with E-state index in [1.807, 2.05) is 97.1 Å². The predicted molar refractivity (Wildman–Crippen MR) is 159 cm³/mol. The number of nitrogens with zero attached hydrogens (tertiary/aromatic N) is 2. The van der Waals surface area contributed by atoms with Crippen molar-refractivity contribution in [1.82, 2.24) is 20.4 Å². The van der Waals surface area contributed by atoms with Crippen LogP contribution in [0.4, 0.5) is 5.69 Å². The summed E-state index contributed by atoms with van der Waals surface area (Å²) in [5.41, 5.74) is 11.1. The molecule has 4 aromatic carbocycles. The van der Waals surface area contributed by atoms with Gasteiger partial charge in [0.25, 0.3) is 0 Å². The van der Waals surface area contributed by atoms with Crippen LogP contribution in [-0.2, 0) is 4.79 Å². The van der Waals surface area contributed by atoms with Crippen molar-refractivity contribution in [2.24, 2.45) is 0 Å². The van der Waals surface area contributed by atoms with E-state index in [2.05, 4.69) is 45.0 Å². The van der Waals surface area contributed by atoms with E-state index in [0.717, 1.165) is 33.9 Å². The lowest BCUT2D eigenvalue weighted by Crippen LogP contribution is -2.44. The Morgan fingerprint density at radius 1 is 0.737 bits per heavy atom. The number of anilines is 1. The fourth-order valence-corrected chi connectivity index (χ4v) is 4.93. The highest BCUT2D eigenvalue weighted by atomic mass is 32.2. The van der Waals surface area contributed by atoms with Crippen molar-refractivity contribution in [3.63, 3.8) is 0 Å². The van der Waals surface area contributed by atoms with Crippen LogP contribution in [0.3, 0.4) is 0 Å². The molecule has 38 heavy (non-hydrogen) atoms. The van der Waals surface area contributed by atoms with Gasteiger partial charge in [0.15, 0.2) is 10.3 Å². The van der Waals surface area contributed by atoms with Crippen molar-refractivity contribution in [3.05, 3.63) is 121 Å². The summed E-state index contributed by atoms with van der Waals surface area (Å²) >= 11 is 6.65. The van der Waals surface area contributed by atoms with E-state index in [1.54, 1.807) is 0 Å². The largest absolute Gasteiger partial charge is 0.331 e. The van der Waals surface area contributed by atoms with Gasteiger partial charge in [0.05, 0.1) is 17.1 Å². The number of imidazole rings is 1. The normalized spacial score (nSPS) is 10.5. The van der Waals surface area contributed by atoms with Crippen LogP contribution >= 0.6 is 24.0 Å². The molecule has 0 aliphatic heterocycles. The highest BCUT2D eigenvalue weighted by molar-refractivity contribution is 7.99. The molecule has 0 bridgehead atoms. The number of rotatable bonds is 7. The molecule has 0 radical (unpaired) electrons. The molecule has 8 heteroatoms. The second-order valence-electron chi connectivity index (χ2n) is 8.28. The van der Waals surface area contributed by atoms with Crippen LogP contribution in [0.25, 0.3) is 28.2 Å². The lowest BCUT2D eigenvalue weighted by Gasteiger charge is -2.14. The van der Waals surface area contributed by atoms with Crippen LogP contribution in [0.2, 0.25) is 0 Å². The van der Waals surface area contributed by atoms with Crippen molar-refractivity contribution in [2.45, 2.75) is 5.16 Å². The predicted octanol–water partition coefficient (Wildman–Crippen LogP) is 6.32. The maximum absolute atomic E-state index is 12.7. The van der Waals surface area contributed by atoms with Crippen molar-refractivity contribution in [2.75, 3.05) is 11.1 Å². The highest BCUT2D eigenvalue weighted by Gasteiger charge is 2.22. The smallest absolute Gasteiger partial charge is 0.248 e. The molecule has 3 N–H and O–H groups in total. The molecule has 1 heterocycles. The van der Waals surface area contributed by atoms with Gasteiger partial charge in [-0.2, -0.15) is 0 Å². The lowest BCUT2D eigenvalue weighted by atomic mass is 10.0. The summed E-state index contributed by atoms with van der Waals surface area (Å²) in [5.74, 6) is -0.0786. The highest BCUT2D eigenvalue weighted by Crippen LogP contribution is 2.38. The van der Waals surface area contributed by atoms with Crippen LogP contribution in [0.1, 0.15) is 0 Å². The zero-order valence-corrected chi connectivity index (χ0v) is 22.0. The molecule has 0 saturated carbocycles. The van der Waals surface area contributed by atoms with E-state index >= 15 is 0 Å². The first kappa shape index (κ1) is 25.3.